The second kappa shape index (κ2) is 7.20. The van der Waals surface area contributed by atoms with E-state index >= 15 is 0 Å². The van der Waals surface area contributed by atoms with Gasteiger partial charge in [-0.25, -0.2) is 0 Å². The van der Waals surface area contributed by atoms with E-state index in [4.69, 9.17) is 10.00 Å². The summed E-state index contributed by atoms with van der Waals surface area (Å²) in [6.07, 6.45) is -1.81. The summed E-state index contributed by atoms with van der Waals surface area (Å²) < 4.78 is 5.65. The first kappa shape index (κ1) is 16.7. The van der Waals surface area contributed by atoms with Crippen molar-refractivity contribution in [2.75, 3.05) is 5.75 Å². The average molecular weight is 344 g/mol. The third-order valence-electron chi connectivity index (χ3n) is 3.75. The summed E-state index contributed by atoms with van der Waals surface area (Å²) in [4.78, 5) is 4.32. The van der Waals surface area contributed by atoms with Gasteiger partial charge < -0.3 is 20.1 Å². The number of thioether (sulfide) groups is 1. The summed E-state index contributed by atoms with van der Waals surface area (Å²) >= 11 is 1.24. The number of nitriles is 1. The Morgan fingerprint density at radius 3 is 2.46 bits per heavy atom. The van der Waals surface area contributed by atoms with Crippen LogP contribution in [0.15, 0.2) is 42.6 Å². The van der Waals surface area contributed by atoms with E-state index in [1.165, 1.54) is 18.0 Å². The first-order chi connectivity index (χ1) is 11.6. The summed E-state index contributed by atoms with van der Waals surface area (Å²) in [7, 11) is 0. The Kier molecular flexibility index (Phi) is 5.02. The van der Waals surface area contributed by atoms with Crippen LogP contribution in [0.4, 0.5) is 0 Å². The first-order valence-electron chi connectivity index (χ1n) is 7.37. The minimum atomic E-state index is -1.22. The third kappa shape index (κ3) is 3.52. The van der Waals surface area contributed by atoms with Gasteiger partial charge in [0.25, 0.3) is 0 Å². The molecular weight excluding hydrogens is 328 g/mol. The van der Waals surface area contributed by atoms with Crippen molar-refractivity contribution < 1.29 is 20.1 Å². The average Bonchev–Trinajstić information content (AvgIpc) is 2.63. The van der Waals surface area contributed by atoms with E-state index in [1.54, 1.807) is 24.3 Å². The van der Waals surface area contributed by atoms with E-state index in [0.717, 1.165) is 11.3 Å². The molecule has 0 radical (unpaired) electrons. The summed E-state index contributed by atoms with van der Waals surface area (Å²) in [6.45, 7) is 0. The van der Waals surface area contributed by atoms with Crippen molar-refractivity contribution in [1.82, 2.24) is 4.98 Å². The number of aromatic nitrogens is 1. The number of hydrogen-bond donors (Lipinski definition) is 3. The second-order valence-electron chi connectivity index (χ2n) is 5.44. The number of aliphatic hydroxyl groups is 3. The molecule has 0 saturated carbocycles. The highest BCUT2D eigenvalue weighted by Gasteiger charge is 2.38. The molecule has 7 heteroatoms. The molecule has 3 N–H and O–H groups in total. The zero-order valence-electron chi connectivity index (χ0n) is 12.6. The van der Waals surface area contributed by atoms with Gasteiger partial charge in [-0.05, 0) is 24.3 Å². The lowest BCUT2D eigenvalue weighted by molar-refractivity contribution is -0.0786. The van der Waals surface area contributed by atoms with E-state index in [9.17, 15) is 15.3 Å². The SMILES string of the molecule is N#Cc1ccc(-c2ccc(O[C@@H]3SC[C@@H](O)[C@H](O)[C@H]3O)cn2)cc1. The maximum Gasteiger partial charge on any atom is 0.173 e. The van der Waals surface area contributed by atoms with Crippen LogP contribution in [0.1, 0.15) is 5.56 Å². The fraction of sp³-hybridized carbons (Fsp3) is 0.294. The minimum absolute atomic E-state index is 0.291. The maximum absolute atomic E-state index is 9.95. The van der Waals surface area contributed by atoms with Gasteiger partial charge in [0.1, 0.15) is 18.0 Å². The van der Waals surface area contributed by atoms with Crippen molar-refractivity contribution >= 4 is 11.8 Å². The van der Waals surface area contributed by atoms with Crippen molar-refractivity contribution in [3.63, 3.8) is 0 Å². The molecule has 24 heavy (non-hydrogen) atoms. The molecule has 1 aliphatic rings. The van der Waals surface area contributed by atoms with Crippen LogP contribution in [-0.2, 0) is 0 Å². The van der Waals surface area contributed by atoms with E-state index in [1.807, 2.05) is 12.1 Å². The molecule has 1 aromatic carbocycles. The van der Waals surface area contributed by atoms with E-state index in [-0.39, 0.29) is 0 Å². The molecule has 1 saturated heterocycles. The van der Waals surface area contributed by atoms with Gasteiger partial charge in [0.2, 0.25) is 0 Å². The molecule has 2 aromatic rings. The van der Waals surface area contributed by atoms with Crippen LogP contribution in [0.3, 0.4) is 0 Å². The molecule has 0 bridgehead atoms. The van der Waals surface area contributed by atoms with Crippen molar-refractivity contribution in [2.45, 2.75) is 23.7 Å². The van der Waals surface area contributed by atoms with Crippen LogP contribution in [0, 0.1) is 11.3 Å². The number of rotatable bonds is 3. The first-order valence-corrected chi connectivity index (χ1v) is 8.42. The van der Waals surface area contributed by atoms with Gasteiger partial charge in [-0.2, -0.15) is 5.26 Å². The minimum Gasteiger partial charge on any atom is -0.475 e. The number of nitrogens with zero attached hydrogens (tertiary/aromatic N) is 2. The highest BCUT2D eigenvalue weighted by Crippen LogP contribution is 2.29. The van der Waals surface area contributed by atoms with Gasteiger partial charge in [0, 0.05) is 11.3 Å². The molecule has 0 aliphatic carbocycles. The number of ether oxygens (including phenoxy) is 1. The zero-order valence-corrected chi connectivity index (χ0v) is 13.4. The Bertz CT molecular complexity index is 730. The fourth-order valence-corrected chi connectivity index (χ4v) is 3.47. The summed E-state index contributed by atoms with van der Waals surface area (Å²) in [5.74, 6) is 0.757. The Balaban J connectivity index is 1.69. The molecule has 0 unspecified atom stereocenters. The Morgan fingerprint density at radius 1 is 1.08 bits per heavy atom. The Hall–Kier alpha value is -2.11. The third-order valence-corrected chi connectivity index (χ3v) is 4.99. The van der Waals surface area contributed by atoms with E-state index in [2.05, 4.69) is 11.1 Å². The highest BCUT2D eigenvalue weighted by atomic mass is 32.2. The molecule has 0 spiro atoms. The van der Waals surface area contributed by atoms with Gasteiger partial charge in [-0.1, -0.05) is 12.1 Å². The van der Waals surface area contributed by atoms with Crippen LogP contribution in [-0.4, -0.2) is 49.8 Å². The van der Waals surface area contributed by atoms with Gasteiger partial charge in [0.05, 0.1) is 29.6 Å². The quantitative estimate of drug-likeness (QED) is 0.767. The van der Waals surface area contributed by atoms with Crippen LogP contribution >= 0.6 is 11.8 Å². The van der Waals surface area contributed by atoms with Crippen LogP contribution in [0.5, 0.6) is 5.75 Å². The zero-order chi connectivity index (χ0) is 17.1. The molecular formula is C17H16N2O4S. The molecule has 124 valence electrons. The largest absolute Gasteiger partial charge is 0.475 e. The standard InChI is InChI=1S/C17H16N2O4S/c18-7-10-1-3-11(4-2-10)13-6-5-12(8-19-13)23-17-16(22)15(21)14(20)9-24-17/h1-6,8,14-17,20-22H,9H2/t14-,15+,16-,17-/m1/s1. The van der Waals surface area contributed by atoms with Gasteiger partial charge >= 0.3 is 0 Å². The van der Waals surface area contributed by atoms with Gasteiger partial charge in [-0.3, -0.25) is 4.98 Å². The monoisotopic (exact) mass is 344 g/mol. The van der Waals surface area contributed by atoms with Crippen molar-refractivity contribution in [2.24, 2.45) is 0 Å². The molecule has 4 atom stereocenters. The molecule has 1 fully saturated rings. The summed E-state index contributed by atoms with van der Waals surface area (Å²) in [5, 5.41) is 38.0. The number of pyridine rings is 1. The lowest BCUT2D eigenvalue weighted by atomic mass is 10.1. The maximum atomic E-state index is 9.95. The predicted octanol–water partition coefficient (Wildman–Crippen LogP) is 1.15. The lowest BCUT2D eigenvalue weighted by Gasteiger charge is -2.34. The Morgan fingerprint density at radius 2 is 1.83 bits per heavy atom. The lowest BCUT2D eigenvalue weighted by Crippen LogP contribution is -2.50. The fourth-order valence-electron chi connectivity index (χ4n) is 2.35. The molecule has 1 aliphatic heterocycles. The van der Waals surface area contributed by atoms with Crippen molar-refractivity contribution in [3.8, 4) is 23.1 Å². The van der Waals surface area contributed by atoms with Crippen LogP contribution in [0.25, 0.3) is 11.3 Å². The van der Waals surface area contributed by atoms with Gasteiger partial charge in [0.15, 0.2) is 5.44 Å². The van der Waals surface area contributed by atoms with Gasteiger partial charge in [-0.15, -0.1) is 11.8 Å². The van der Waals surface area contributed by atoms with Crippen molar-refractivity contribution in [1.29, 1.82) is 5.26 Å². The molecule has 6 nitrogen and oxygen atoms in total. The van der Waals surface area contributed by atoms with Crippen molar-refractivity contribution in [3.05, 3.63) is 48.2 Å². The number of aliphatic hydroxyl groups excluding tert-OH is 3. The number of hydrogen-bond acceptors (Lipinski definition) is 7. The number of benzene rings is 1. The van der Waals surface area contributed by atoms with E-state index in [0.29, 0.717) is 17.1 Å². The molecule has 3 rings (SSSR count). The predicted molar refractivity (Wildman–Crippen MR) is 89.3 cm³/mol. The van der Waals surface area contributed by atoms with Crippen LogP contribution in [0.2, 0.25) is 0 Å². The Labute approximate surface area is 143 Å². The van der Waals surface area contributed by atoms with E-state index < -0.39 is 23.7 Å². The molecule has 2 heterocycles. The topological polar surface area (TPSA) is 107 Å². The molecule has 0 amide bonds. The second-order valence-corrected chi connectivity index (χ2v) is 6.57. The molecule has 1 aromatic heterocycles. The van der Waals surface area contributed by atoms with Crippen LogP contribution < -0.4 is 4.74 Å². The highest BCUT2D eigenvalue weighted by molar-refractivity contribution is 7.99. The summed E-state index contributed by atoms with van der Waals surface area (Å²) in [5.41, 5.74) is 1.54. The normalized spacial score (nSPS) is 26.6. The summed E-state index contributed by atoms with van der Waals surface area (Å²) in [6, 6.07) is 12.7. The smallest absolute Gasteiger partial charge is 0.173 e.